The molecule has 166 valence electrons. The number of anilines is 1. The second-order valence-electron chi connectivity index (χ2n) is 7.08. The van der Waals surface area contributed by atoms with Crippen LogP contribution in [0.15, 0.2) is 45.6 Å². The van der Waals surface area contributed by atoms with Crippen molar-refractivity contribution in [3.05, 3.63) is 68.5 Å². The van der Waals surface area contributed by atoms with Crippen LogP contribution < -0.4 is 15.1 Å². The first kappa shape index (κ1) is 23.1. The average molecular weight is 469 g/mol. The lowest BCUT2D eigenvalue weighted by atomic mass is 9.99. The van der Waals surface area contributed by atoms with E-state index in [4.69, 9.17) is 20.8 Å². The highest BCUT2D eigenvalue weighted by atomic mass is 35.5. The van der Waals surface area contributed by atoms with Gasteiger partial charge in [0.05, 0.1) is 10.7 Å². The molecule has 0 atom stereocenters. The van der Waals surface area contributed by atoms with E-state index in [0.29, 0.717) is 22.2 Å². The molecule has 0 spiro atoms. The molecule has 0 aliphatic rings. The Morgan fingerprint density at radius 1 is 1.23 bits per heavy atom. The first-order valence-electron chi connectivity index (χ1n) is 9.36. The maximum Gasteiger partial charge on any atom is 0.340 e. The molecule has 7 nitrogen and oxygen atoms in total. The van der Waals surface area contributed by atoms with Crippen LogP contribution in [0.25, 0.3) is 11.0 Å². The zero-order valence-electron chi connectivity index (χ0n) is 17.2. The zero-order valence-corrected chi connectivity index (χ0v) is 18.8. The van der Waals surface area contributed by atoms with Gasteiger partial charge in [0, 0.05) is 37.5 Å². The molecule has 1 N–H and O–H groups in total. The van der Waals surface area contributed by atoms with Crippen LogP contribution in [0.3, 0.4) is 0 Å². The van der Waals surface area contributed by atoms with E-state index < -0.39 is 22.5 Å². The quantitative estimate of drug-likeness (QED) is 0.506. The van der Waals surface area contributed by atoms with Crippen LogP contribution in [0.1, 0.15) is 16.7 Å². The molecule has 10 heteroatoms. The molecule has 1 heterocycles. The van der Waals surface area contributed by atoms with Crippen LogP contribution in [-0.2, 0) is 16.6 Å². The van der Waals surface area contributed by atoms with E-state index in [9.17, 15) is 17.6 Å². The van der Waals surface area contributed by atoms with Crippen LogP contribution in [0.5, 0.6) is 5.75 Å². The number of nitrogens with zero attached hydrogens (tertiary/aromatic N) is 1. The van der Waals surface area contributed by atoms with E-state index in [1.807, 2.05) is 0 Å². The lowest BCUT2D eigenvalue weighted by Crippen LogP contribution is -2.28. The number of ether oxygens (including phenoxy) is 1. The number of alkyl halides is 1. The molecule has 0 fully saturated rings. The highest BCUT2D eigenvalue weighted by Gasteiger charge is 2.16. The Kier molecular flexibility index (Phi) is 6.88. The molecule has 0 aliphatic carbocycles. The summed E-state index contributed by atoms with van der Waals surface area (Å²) in [6.45, 7) is 0.964. The number of hydrogen-bond acceptors (Lipinski definition) is 5. The van der Waals surface area contributed by atoms with E-state index in [0.717, 1.165) is 9.87 Å². The van der Waals surface area contributed by atoms with E-state index in [-0.39, 0.29) is 29.4 Å². The summed E-state index contributed by atoms with van der Waals surface area (Å²) >= 11 is 6.23. The maximum atomic E-state index is 12.7. The van der Waals surface area contributed by atoms with Crippen molar-refractivity contribution in [1.82, 2.24) is 4.31 Å². The summed E-state index contributed by atoms with van der Waals surface area (Å²) in [5.74, 6) is 0.239. The first-order valence-corrected chi connectivity index (χ1v) is 11.2. The van der Waals surface area contributed by atoms with Gasteiger partial charge in [0.25, 0.3) is 0 Å². The van der Waals surface area contributed by atoms with Gasteiger partial charge in [0.2, 0.25) is 0 Å². The second-order valence-corrected chi connectivity index (χ2v) is 9.37. The Morgan fingerprint density at radius 3 is 2.65 bits per heavy atom. The van der Waals surface area contributed by atoms with Gasteiger partial charge in [-0.15, -0.1) is 0 Å². The first-order chi connectivity index (χ1) is 14.6. The molecular formula is C21H22ClFN2O5S. The molecule has 3 rings (SSSR count). The minimum atomic E-state index is -3.65. The van der Waals surface area contributed by atoms with Crippen molar-refractivity contribution in [2.24, 2.45) is 0 Å². The largest absolute Gasteiger partial charge is 0.489 e. The predicted molar refractivity (Wildman–Crippen MR) is 119 cm³/mol. The van der Waals surface area contributed by atoms with Crippen LogP contribution in [0.4, 0.5) is 10.1 Å². The Labute approximate surface area is 184 Å². The van der Waals surface area contributed by atoms with Gasteiger partial charge in [-0.1, -0.05) is 23.7 Å². The molecule has 0 unspecified atom stereocenters. The van der Waals surface area contributed by atoms with Gasteiger partial charge in [0.1, 0.15) is 24.6 Å². The van der Waals surface area contributed by atoms with Gasteiger partial charge in [-0.05, 0) is 36.2 Å². The summed E-state index contributed by atoms with van der Waals surface area (Å²) < 4.78 is 50.7. The van der Waals surface area contributed by atoms with Crippen molar-refractivity contribution >= 4 is 38.5 Å². The van der Waals surface area contributed by atoms with E-state index in [1.165, 1.54) is 20.2 Å². The molecule has 31 heavy (non-hydrogen) atoms. The normalized spacial score (nSPS) is 11.8. The fourth-order valence-corrected chi connectivity index (χ4v) is 3.87. The van der Waals surface area contributed by atoms with E-state index in [1.54, 1.807) is 37.3 Å². The van der Waals surface area contributed by atoms with Gasteiger partial charge >= 0.3 is 15.8 Å². The Balaban J connectivity index is 1.97. The van der Waals surface area contributed by atoms with Crippen molar-refractivity contribution in [2.75, 3.05) is 32.1 Å². The average Bonchev–Trinajstić information content (AvgIpc) is 2.70. The van der Waals surface area contributed by atoms with Crippen LogP contribution in [-0.4, -0.2) is 40.1 Å². The molecule has 0 saturated carbocycles. The Bertz CT molecular complexity index is 1270. The molecular weight excluding hydrogens is 447 g/mol. The lowest BCUT2D eigenvalue weighted by Gasteiger charge is -2.14. The molecule has 0 saturated heterocycles. The molecule has 0 radical (unpaired) electrons. The Hall–Kier alpha value is -2.62. The minimum absolute atomic E-state index is 0.152. The summed E-state index contributed by atoms with van der Waals surface area (Å²) in [4.78, 5) is 12.7. The van der Waals surface area contributed by atoms with E-state index in [2.05, 4.69) is 4.72 Å². The van der Waals surface area contributed by atoms with Gasteiger partial charge < -0.3 is 9.15 Å². The number of hydrogen-bond donors (Lipinski definition) is 1. The van der Waals surface area contributed by atoms with Crippen molar-refractivity contribution in [3.63, 3.8) is 0 Å². The number of halogens is 2. The molecule has 0 bridgehead atoms. The topological polar surface area (TPSA) is 88.9 Å². The smallest absolute Gasteiger partial charge is 0.340 e. The predicted octanol–water partition coefficient (Wildman–Crippen LogP) is 3.91. The standard InChI is InChI=1S/C21H22ClFN2O5S/c1-13-16-11-18(22)20(29-8-7-23)12-19(16)30-21(26)17(13)10-14-5-4-6-15(9-14)24-31(27,28)25(2)3/h4-6,9,11-12,24H,7-8,10H2,1-3H3. The van der Waals surface area contributed by atoms with Crippen molar-refractivity contribution in [2.45, 2.75) is 13.3 Å². The number of benzene rings is 2. The van der Waals surface area contributed by atoms with Crippen LogP contribution in [0, 0.1) is 6.92 Å². The number of fused-ring (bicyclic) bond motifs is 1. The minimum Gasteiger partial charge on any atom is -0.489 e. The van der Waals surface area contributed by atoms with Gasteiger partial charge in [-0.3, -0.25) is 4.72 Å². The summed E-state index contributed by atoms with van der Waals surface area (Å²) in [5.41, 5.74) is 1.98. The zero-order chi connectivity index (χ0) is 22.8. The number of nitrogens with one attached hydrogen (secondary N) is 1. The third-order valence-electron chi connectivity index (χ3n) is 4.71. The summed E-state index contributed by atoms with van der Waals surface area (Å²) in [5, 5.41) is 0.917. The third kappa shape index (κ3) is 5.17. The van der Waals surface area contributed by atoms with Crippen molar-refractivity contribution in [3.8, 4) is 5.75 Å². The van der Waals surface area contributed by atoms with Gasteiger partial charge in [0.15, 0.2) is 0 Å². The highest BCUT2D eigenvalue weighted by Crippen LogP contribution is 2.32. The maximum absolute atomic E-state index is 12.7. The van der Waals surface area contributed by atoms with E-state index >= 15 is 0 Å². The lowest BCUT2D eigenvalue weighted by molar-refractivity contribution is 0.273. The second kappa shape index (κ2) is 9.25. The highest BCUT2D eigenvalue weighted by molar-refractivity contribution is 7.90. The molecule has 2 aromatic carbocycles. The van der Waals surface area contributed by atoms with Crippen LogP contribution in [0.2, 0.25) is 5.02 Å². The van der Waals surface area contributed by atoms with Crippen molar-refractivity contribution < 1.29 is 22.0 Å². The van der Waals surface area contributed by atoms with Gasteiger partial charge in [-0.25, -0.2) is 9.18 Å². The molecule has 0 amide bonds. The van der Waals surface area contributed by atoms with Crippen molar-refractivity contribution in [1.29, 1.82) is 0 Å². The van der Waals surface area contributed by atoms with Gasteiger partial charge in [-0.2, -0.15) is 12.7 Å². The Morgan fingerprint density at radius 2 is 1.97 bits per heavy atom. The van der Waals surface area contributed by atoms with Crippen LogP contribution >= 0.6 is 11.6 Å². The number of aryl methyl sites for hydroxylation is 1. The molecule has 0 aliphatic heterocycles. The third-order valence-corrected chi connectivity index (χ3v) is 6.46. The monoisotopic (exact) mass is 468 g/mol. The summed E-state index contributed by atoms with van der Waals surface area (Å²) in [6, 6.07) is 9.86. The number of rotatable bonds is 8. The molecule has 1 aromatic heterocycles. The summed E-state index contributed by atoms with van der Waals surface area (Å²) in [7, 11) is -0.797. The molecule has 3 aromatic rings. The fraction of sp³-hybridized carbons (Fsp3) is 0.286. The fourth-order valence-electron chi connectivity index (χ4n) is 3.04. The SMILES string of the molecule is Cc1c(Cc2cccc(NS(=O)(=O)N(C)C)c2)c(=O)oc2cc(OCCF)c(Cl)cc12. The summed E-state index contributed by atoms with van der Waals surface area (Å²) in [6.07, 6.45) is 0.235.